The van der Waals surface area contributed by atoms with Crippen molar-refractivity contribution in [2.75, 3.05) is 6.61 Å². The normalized spacial score (nSPS) is 12.9. The maximum absolute atomic E-state index is 7.04. The molecule has 248 valence electrons. The van der Waals surface area contributed by atoms with Crippen LogP contribution in [-0.2, 0) is 6.42 Å². The van der Waals surface area contributed by atoms with E-state index < -0.39 is 0 Å². The fraction of sp³-hybridized carbons (Fsp3) is 0.0417. The van der Waals surface area contributed by atoms with Gasteiger partial charge in [-0.3, -0.25) is 4.57 Å². The number of ether oxygens (including phenoxy) is 1. The molecule has 0 spiro atoms. The molecule has 0 atom stereocenters. The average molecular weight is 680 g/mol. The summed E-state index contributed by atoms with van der Waals surface area (Å²) >= 11 is 0. The SMILES string of the molecule is c1ccc2cc3c(cc2c1)CCOc1c-3c2ccccc2c2c3ccccc3n(-c3nc4c(nc3-c3cccc5ccccc35)oc3ccccc34)c12. The van der Waals surface area contributed by atoms with Crippen molar-refractivity contribution in [3.8, 4) is 34.0 Å². The van der Waals surface area contributed by atoms with Gasteiger partial charge in [0, 0.05) is 33.7 Å². The van der Waals surface area contributed by atoms with Crippen LogP contribution in [0, 0.1) is 0 Å². The number of aromatic nitrogens is 3. The van der Waals surface area contributed by atoms with Gasteiger partial charge in [-0.25, -0.2) is 9.97 Å². The van der Waals surface area contributed by atoms with Crippen molar-refractivity contribution < 1.29 is 9.15 Å². The van der Waals surface area contributed by atoms with Gasteiger partial charge in [0.25, 0.3) is 0 Å². The summed E-state index contributed by atoms with van der Waals surface area (Å²) in [7, 11) is 0. The van der Waals surface area contributed by atoms with Crippen LogP contribution in [-0.4, -0.2) is 21.1 Å². The molecular weight excluding hydrogens is 651 g/mol. The maximum Gasteiger partial charge on any atom is 0.247 e. The molecule has 8 aromatic carbocycles. The molecule has 0 fully saturated rings. The lowest BCUT2D eigenvalue weighted by molar-refractivity contribution is 0.329. The first kappa shape index (κ1) is 28.7. The summed E-state index contributed by atoms with van der Waals surface area (Å²) in [6, 6.07) is 53.7. The Morgan fingerprint density at radius 1 is 0.547 bits per heavy atom. The maximum atomic E-state index is 7.04. The monoisotopic (exact) mass is 679 g/mol. The Morgan fingerprint density at radius 2 is 1.23 bits per heavy atom. The molecular formula is C48H29N3O2. The Kier molecular flexibility index (Phi) is 5.83. The van der Waals surface area contributed by atoms with Gasteiger partial charge in [0.1, 0.15) is 16.8 Å². The van der Waals surface area contributed by atoms with Gasteiger partial charge in [0.05, 0.1) is 17.6 Å². The standard InChI is InChI=1S/C48H29N3O2/c1-2-14-30-27-38-31(26-29(30)13-1)24-25-52-46-42(38)34-18-6-5-17-33(34)41-36-19-7-9-22-39(36)51(45(41)46)47-43(35-21-11-15-28-12-3-4-16-32(28)35)50-48-44(49-47)37-20-8-10-23-40(37)53-48/h1-23,26-27H,24-25H2. The van der Waals surface area contributed by atoms with E-state index >= 15 is 0 Å². The second kappa shape index (κ2) is 10.8. The lowest BCUT2D eigenvalue weighted by atomic mass is 9.89. The van der Waals surface area contributed by atoms with Crippen LogP contribution < -0.4 is 4.74 Å². The zero-order valence-electron chi connectivity index (χ0n) is 28.5. The number of rotatable bonds is 2. The molecule has 1 aliphatic rings. The van der Waals surface area contributed by atoms with Gasteiger partial charge >= 0.3 is 0 Å². The second-order valence-corrected chi connectivity index (χ2v) is 14.0. The first-order chi connectivity index (χ1) is 26.3. The number of furan rings is 1. The molecule has 3 aromatic heterocycles. The zero-order chi connectivity index (χ0) is 34.6. The predicted octanol–water partition coefficient (Wildman–Crippen LogP) is 12.2. The number of nitrogens with zero attached hydrogens (tertiary/aromatic N) is 3. The molecule has 0 bridgehead atoms. The van der Waals surface area contributed by atoms with Crippen LogP contribution in [0.15, 0.2) is 156 Å². The highest BCUT2D eigenvalue weighted by molar-refractivity contribution is 6.27. The number of fused-ring (bicyclic) bond motifs is 15. The first-order valence-electron chi connectivity index (χ1n) is 18.1. The van der Waals surface area contributed by atoms with E-state index in [-0.39, 0.29) is 0 Å². The molecule has 0 radical (unpaired) electrons. The van der Waals surface area contributed by atoms with Crippen molar-refractivity contribution in [3.63, 3.8) is 0 Å². The van der Waals surface area contributed by atoms with Gasteiger partial charge < -0.3 is 9.15 Å². The fourth-order valence-corrected chi connectivity index (χ4v) is 8.79. The van der Waals surface area contributed by atoms with Gasteiger partial charge in [-0.1, -0.05) is 127 Å². The molecule has 0 aliphatic carbocycles. The molecule has 1 aliphatic heterocycles. The fourth-order valence-electron chi connectivity index (χ4n) is 8.79. The Balaban J connectivity index is 1.31. The number of hydrogen-bond acceptors (Lipinski definition) is 4. The smallest absolute Gasteiger partial charge is 0.247 e. The minimum atomic E-state index is 0.514. The van der Waals surface area contributed by atoms with Crippen molar-refractivity contribution in [1.82, 2.24) is 14.5 Å². The van der Waals surface area contributed by atoms with Crippen LogP contribution in [0.25, 0.3) is 105 Å². The number of benzene rings is 8. The van der Waals surface area contributed by atoms with Crippen LogP contribution in [0.4, 0.5) is 0 Å². The lowest BCUT2D eigenvalue weighted by Gasteiger charge is -2.18. The molecule has 11 aromatic rings. The number of hydrogen-bond donors (Lipinski definition) is 0. The summed E-state index contributed by atoms with van der Waals surface area (Å²) in [5, 5.41) is 10.2. The van der Waals surface area contributed by atoms with Gasteiger partial charge in [0.2, 0.25) is 5.71 Å². The van der Waals surface area contributed by atoms with E-state index in [4.69, 9.17) is 19.1 Å². The topological polar surface area (TPSA) is 53.1 Å². The van der Waals surface area contributed by atoms with E-state index in [9.17, 15) is 0 Å². The second-order valence-electron chi connectivity index (χ2n) is 14.0. The van der Waals surface area contributed by atoms with Crippen molar-refractivity contribution in [2.24, 2.45) is 0 Å². The van der Waals surface area contributed by atoms with E-state index in [1.54, 1.807) is 0 Å². The summed E-state index contributed by atoms with van der Waals surface area (Å²) in [6.07, 6.45) is 0.804. The van der Waals surface area contributed by atoms with Crippen molar-refractivity contribution in [1.29, 1.82) is 0 Å². The lowest BCUT2D eigenvalue weighted by Crippen LogP contribution is -2.06. The average Bonchev–Trinajstić information content (AvgIpc) is 3.69. The summed E-state index contributed by atoms with van der Waals surface area (Å²) < 4.78 is 15.8. The number of para-hydroxylation sites is 2. The van der Waals surface area contributed by atoms with E-state index in [1.165, 1.54) is 32.7 Å². The highest BCUT2D eigenvalue weighted by atomic mass is 16.5. The van der Waals surface area contributed by atoms with Crippen LogP contribution >= 0.6 is 0 Å². The molecule has 5 nitrogen and oxygen atoms in total. The molecule has 0 amide bonds. The van der Waals surface area contributed by atoms with Gasteiger partial charge in [-0.15, -0.1) is 0 Å². The molecule has 4 heterocycles. The summed E-state index contributed by atoms with van der Waals surface area (Å²) in [6.45, 7) is 0.556. The predicted molar refractivity (Wildman–Crippen MR) is 216 cm³/mol. The van der Waals surface area contributed by atoms with Crippen molar-refractivity contribution in [2.45, 2.75) is 6.42 Å². The van der Waals surface area contributed by atoms with E-state index in [0.717, 1.165) is 83.9 Å². The van der Waals surface area contributed by atoms with Crippen LogP contribution in [0.3, 0.4) is 0 Å². The third-order valence-electron chi connectivity index (χ3n) is 11.1. The van der Waals surface area contributed by atoms with Crippen LogP contribution in [0.5, 0.6) is 5.75 Å². The summed E-state index contributed by atoms with van der Waals surface area (Å²) in [4.78, 5) is 11.0. The molecule has 0 N–H and O–H groups in total. The molecule has 0 saturated carbocycles. The zero-order valence-corrected chi connectivity index (χ0v) is 28.5. The Labute approximate surface area is 303 Å². The third kappa shape index (κ3) is 4.02. The minimum absolute atomic E-state index is 0.514. The molecule has 12 rings (SSSR count). The minimum Gasteiger partial charge on any atom is -0.490 e. The van der Waals surface area contributed by atoms with Gasteiger partial charge in [0.15, 0.2) is 11.6 Å². The third-order valence-corrected chi connectivity index (χ3v) is 11.1. The Hall–Kier alpha value is -6.98. The van der Waals surface area contributed by atoms with Crippen LogP contribution in [0.2, 0.25) is 0 Å². The highest BCUT2D eigenvalue weighted by Gasteiger charge is 2.30. The molecule has 0 unspecified atom stereocenters. The van der Waals surface area contributed by atoms with Gasteiger partial charge in [-0.2, -0.15) is 0 Å². The Morgan fingerprint density at radius 3 is 2.09 bits per heavy atom. The van der Waals surface area contributed by atoms with E-state index in [0.29, 0.717) is 12.3 Å². The quantitative estimate of drug-likeness (QED) is 0.182. The van der Waals surface area contributed by atoms with E-state index in [1.807, 2.05) is 18.2 Å². The largest absolute Gasteiger partial charge is 0.490 e. The Bertz CT molecular complexity index is 3330. The summed E-state index contributed by atoms with van der Waals surface area (Å²) in [5.41, 5.74) is 9.39. The van der Waals surface area contributed by atoms with Crippen LogP contribution in [0.1, 0.15) is 5.56 Å². The molecule has 5 heteroatoms. The van der Waals surface area contributed by atoms with Crippen molar-refractivity contribution >= 4 is 76.3 Å². The first-order valence-corrected chi connectivity index (χ1v) is 18.1. The molecule has 0 saturated heterocycles. The summed E-state index contributed by atoms with van der Waals surface area (Å²) in [5.74, 6) is 1.60. The highest BCUT2D eigenvalue weighted by Crippen LogP contribution is 2.51. The van der Waals surface area contributed by atoms with Crippen molar-refractivity contribution in [3.05, 3.63) is 157 Å². The molecule has 53 heavy (non-hydrogen) atoms. The van der Waals surface area contributed by atoms with Gasteiger partial charge in [-0.05, 0) is 67.7 Å². The van der Waals surface area contributed by atoms with E-state index in [2.05, 4.69) is 138 Å².